The van der Waals surface area contributed by atoms with E-state index < -0.39 is 53.7 Å². The van der Waals surface area contributed by atoms with Crippen molar-refractivity contribution in [1.29, 1.82) is 0 Å². The number of benzene rings is 1. The molecule has 0 aliphatic carbocycles. The second kappa shape index (κ2) is 17.3. The summed E-state index contributed by atoms with van der Waals surface area (Å²) in [7, 11) is 0. The first-order chi connectivity index (χ1) is 23.5. The minimum absolute atomic E-state index is 0.122. The molecular weight excluding hydrogens is 690 g/mol. The molecule has 10 nitrogen and oxygen atoms in total. The molecule has 1 aromatic carbocycles. The van der Waals surface area contributed by atoms with Crippen LogP contribution in [0.1, 0.15) is 84.3 Å². The van der Waals surface area contributed by atoms with Gasteiger partial charge in [0.05, 0.1) is 36.6 Å². The van der Waals surface area contributed by atoms with Crippen LogP contribution < -0.4 is 5.32 Å². The summed E-state index contributed by atoms with van der Waals surface area (Å²) in [6, 6.07) is 6.92. The predicted octanol–water partition coefficient (Wildman–Crippen LogP) is 5.10. The number of hydrogen-bond acceptors (Lipinski definition) is 7. The van der Waals surface area contributed by atoms with E-state index in [0.717, 1.165) is 19.3 Å². The van der Waals surface area contributed by atoms with Gasteiger partial charge in [-0.2, -0.15) is 0 Å². The third-order valence-corrected chi connectivity index (χ3v) is 11.4. The number of carbonyl (C=O) groups is 4. The summed E-state index contributed by atoms with van der Waals surface area (Å²) in [6.45, 7) is 15.8. The van der Waals surface area contributed by atoms with Gasteiger partial charge >= 0.3 is 5.97 Å². The van der Waals surface area contributed by atoms with Gasteiger partial charge in [0.25, 0.3) is 0 Å². The number of halogens is 1. The van der Waals surface area contributed by atoms with Gasteiger partial charge in [0.15, 0.2) is 0 Å². The number of nitrogens with zero attached hydrogens (tertiary/aromatic N) is 2. The Kier molecular flexibility index (Phi) is 13.7. The maximum atomic E-state index is 14.8. The molecule has 10 atom stereocenters. The van der Waals surface area contributed by atoms with Crippen molar-refractivity contribution < 1.29 is 33.8 Å². The lowest BCUT2D eigenvalue weighted by Gasteiger charge is -2.41. The zero-order valence-corrected chi connectivity index (χ0v) is 31.0. The fourth-order valence-corrected chi connectivity index (χ4v) is 8.84. The van der Waals surface area contributed by atoms with Crippen LogP contribution in [0.3, 0.4) is 0 Å². The molecule has 2 N–H and O–H groups in total. The molecule has 3 heterocycles. The lowest BCUT2D eigenvalue weighted by atomic mass is 9.70. The lowest BCUT2D eigenvalue weighted by molar-refractivity contribution is -0.163. The number of carbonyl (C=O) groups excluding carboxylic acids is 4. The first kappa shape index (κ1) is 38.8. The molecule has 3 aliphatic heterocycles. The van der Waals surface area contributed by atoms with E-state index in [2.05, 4.69) is 41.3 Å². The summed E-state index contributed by atoms with van der Waals surface area (Å²) in [5.41, 5.74) is -0.604. The smallest absolute Gasteiger partial charge is 0.313 e. The van der Waals surface area contributed by atoms with Crippen molar-refractivity contribution in [3.05, 3.63) is 61.2 Å². The monoisotopic (exact) mass is 743 g/mol. The number of allylic oxidation sites excluding steroid dienone is 1. The molecule has 0 aromatic heterocycles. The second-order valence-electron chi connectivity index (χ2n) is 13.8. The van der Waals surface area contributed by atoms with E-state index in [1.54, 1.807) is 24.0 Å². The minimum atomic E-state index is -1.30. The first-order valence-electron chi connectivity index (χ1n) is 17.8. The molecule has 3 saturated heterocycles. The number of likely N-dealkylation sites (tertiary alicyclic amines) is 1. The van der Waals surface area contributed by atoms with Gasteiger partial charge in [-0.1, -0.05) is 98.4 Å². The van der Waals surface area contributed by atoms with Crippen molar-refractivity contribution in [2.75, 3.05) is 19.7 Å². The summed E-state index contributed by atoms with van der Waals surface area (Å²) in [6.07, 6.45) is 6.30. The number of nitrogens with one attached hydrogen (secondary N) is 1. The highest BCUT2D eigenvalue weighted by Crippen LogP contribution is 2.61. The van der Waals surface area contributed by atoms with E-state index in [1.807, 2.05) is 44.2 Å². The Bertz CT molecular complexity index is 1340. The maximum Gasteiger partial charge on any atom is 0.313 e. The van der Waals surface area contributed by atoms with Crippen molar-refractivity contribution in [3.63, 3.8) is 0 Å². The van der Waals surface area contributed by atoms with Crippen LogP contribution >= 0.6 is 15.9 Å². The average molecular weight is 745 g/mol. The average Bonchev–Trinajstić information content (AvgIpc) is 3.69. The zero-order valence-electron chi connectivity index (χ0n) is 29.4. The Balaban J connectivity index is 1.74. The highest BCUT2D eigenvalue weighted by Gasteiger charge is 2.77. The van der Waals surface area contributed by atoms with Crippen LogP contribution in [0, 0.1) is 17.8 Å². The molecule has 0 radical (unpaired) electrons. The van der Waals surface area contributed by atoms with Gasteiger partial charge in [-0.3, -0.25) is 19.2 Å². The van der Waals surface area contributed by atoms with Gasteiger partial charge in [-0.15, -0.1) is 13.2 Å². The number of hydrogen-bond donors (Lipinski definition) is 2. The number of esters is 1. The standard InChI is InChI=1S/C38H54BrN3O7/c1-7-11-16-21-41(20-9-3)36(46)34-38-22-27(39)33(49-38)30(31(38)35(45)42(34)28(23-43)24(5)10-4)37(47)48-32(26-17-14-13-15-18-26)25(6)40-29(44)19-12-8-2/h8-9,13-15,17-18,24-25,27-28,30-34,43H,2-3,7,10-12,16,19-23H2,1,4-6H3,(H,40,44)/t24-,25-,27?,28-,30+,31-,32-,33+,34+,38-/m0/s1. The third kappa shape index (κ3) is 7.84. The summed E-state index contributed by atoms with van der Waals surface area (Å²) in [5, 5.41) is 13.6. The van der Waals surface area contributed by atoms with Crippen molar-refractivity contribution in [3.8, 4) is 0 Å². The van der Waals surface area contributed by atoms with Gasteiger partial charge in [-0.25, -0.2) is 0 Å². The summed E-state index contributed by atoms with van der Waals surface area (Å²) in [5.74, 6) is -3.58. The summed E-state index contributed by atoms with van der Waals surface area (Å²) >= 11 is 3.75. The summed E-state index contributed by atoms with van der Waals surface area (Å²) < 4.78 is 13.0. The van der Waals surface area contributed by atoms with Crippen LogP contribution in [-0.4, -0.2) is 93.0 Å². The largest absolute Gasteiger partial charge is 0.455 e. The number of fused-ring (bicyclic) bond motifs is 1. The molecule has 3 aliphatic rings. The SMILES string of the molecule is C=CCCC(=O)N[C@@H](C)[C@H](OC(=O)[C@H]1[C@@H]2O[C@@]3(CC2Br)[C@@H]1C(=O)N([C@@H](CO)[C@@H](C)CC)[C@@H]3C(=O)N(CC=C)CCCCC)c1ccccc1. The highest BCUT2D eigenvalue weighted by atomic mass is 79.9. The molecule has 49 heavy (non-hydrogen) atoms. The maximum absolute atomic E-state index is 14.8. The zero-order chi connectivity index (χ0) is 35.9. The van der Waals surface area contributed by atoms with Crippen molar-refractivity contribution in [2.45, 2.75) is 113 Å². The minimum Gasteiger partial charge on any atom is -0.455 e. The fraction of sp³-hybridized carbons (Fsp3) is 0.632. The molecule has 270 valence electrons. The van der Waals surface area contributed by atoms with Crippen LogP contribution in [0.15, 0.2) is 55.6 Å². The molecule has 2 bridgehead atoms. The third-order valence-electron chi connectivity index (χ3n) is 10.6. The topological polar surface area (TPSA) is 125 Å². The van der Waals surface area contributed by atoms with Gasteiger partial charge < -0.3 is 29.7 Å². The van der Waals surface area contributed by atoms with Crippen molar-refractivity contribution in [1.82, 2.24) is 15.1 Å². The molecular formula is C38H54BrN3O7. The van der Waals surface area contributed by atoms with Gasteiger partial charge in [-0.05, 0) is 37.7 Å². The molecule has 11 heteroatoms. The van der Waals surface area contributed by atoms with Gasteiger partial charge in [0.2, 0.25) is 17.7 Å². The van der Waals surface area contributed by atoms with Crippen LogP contribution in [0.4, 0.5) is 0 Å². The molecule has 4 rings (SSSR count). The van der Waals surface area contributed by atoms with E-state index in [0.29, 0.717) is 37.9 Å². The van der Waals surface area contributed by atoms with Crippen LogP contribution in [0.25, 0.3) is 0 Å². The Morgan fingerprint density at radius 3 is 2.51 bits per heavy atom. The normalized spacial score (nSPS) is 27.9. The summed E-state index contributed by atoms with van der Waals surface area (Å²) in [4.78, 5) is 59.5. The number of alkyl halides is 1. The number of aliphatic hydroxyl groups excluding tert-OH is 1. The van der Waals surface area contributed by atoms with Crippen LogP contribution in [-0.2, 0) is 28.7 Å². The first-order valence-corrected chi connectivity index (χ1v) is 18.7. The predicted molar refractivity (Wildman–Crippen MR) is 191 cm³/mol. The number of ether oxygens (including phenoxy) is 2. The Morgan fingerprint density at radius 1 is 1.18 bits per heavy atom. The van der Waals surface area contributed by atoms with Crippen LogP contribution in [0.5, 0.6) is 0 Å². The highest BCUT2D eigenvalue weighted by molar-refractivity contribution is 9.09. The van der Waals surface area contributed by atoms with E-state index in [4.69, 9.17) is 9.47 Å². The number of aliphatic hydroxyl groups is 1. The number of unbranched alkanes of at least 4 members (excludes halogenated alkanes) is 2. The number of rotatable bonds is 19. The van der Waals surface area contributed by atoms with Gasteiger partial charge in [0, 0.05) is 24.3 Å². The molecule has 0 saturated carbocycles. The quantitative estimate of drug-likeness (QED) is 0.0875. The second-order valence-corrected chi connectivity index (χ2v) is 15.0. The molecule has 1 unspecified atom stereocenters. The van der Waals surface area contributed by atoms with E-state index in [9.17, 15) is 24.3 Å². The van der Waals surface area contributed by atoms with E-state index in [-0.39, 0.29) is 41.5 Å². The number of amides is 3. The van der Waals surface area contributed by atoms with E-state index in [1.165, 1.54) is 4.90 Å². The Hall–Kier alpha value is -3.02. The molecule has 1 aromatic rings. The Labute approximate surface area is 299 Å². The van der Waals surface area contributed by atoms with Crippen molar-refractivity contribution >= 4 is 39.6 Å². The molecule has 3 amide bonds. The van der Waals surface area contributed by atoms with E-state index >= 15 is 0 Å². The van der Waals surface area contributed by atoms with Crippen molar-refractivity contribution in [2.24, 2.45) is 17.8 Å². The molecule has 3 fully saturated rings. The fourth-order valence-electron chi connectivity index (χ4n) is 7.90. The Morgan fingerprint density at radius 2 is 1.90 bits per heavy atom. The van der Waals surface area contributed by atoms with Gasteiger partial charge in [0.1, 0.15) is 17.7 Å². The molecule has 1 spiro atoms. The van der Waals surface area contributed by atoms with Crippen LogP contribution in [0.2, 0.25) is 0 Å². The lowest BCUT2D eigenvalue weighted by Crippen LogP contribution is -2.60.